The SMILES string of the molecule is CCOC(=O)/C(S)=C(\C(=O)OCC)[n+]1ccccc1. The summed E-state index contributed by atoms with van der Waals surface area (Å²) < 4.78 is 11.2. The molecule has 0 fully saturated rings. The molecular weight excluding hydrogens is 266 g/mol. The van der Waals surface area contributed by atoms with Gasteiger partial charge in [-0.3, -0.25) is 0 Å². The molecule has 1 aromatic rings. The Hall–Kier alpha value is -1.82. The van der Waals surface area contributed by atoms with Crippen LogP contribution in [0.4, 0.5) is 0 Å². The molecule has 0 bridgehead atoms. The molecule has 0 saturated carbocycles. The van der Waals surface area contributed by atoms with Gasteiger partial charge in [0.2, 0.25) is 0 Å². The highest BCUT2D eigenvalue weighted by Crippen LogP contribution is 2.13. The van der Waals surface area contributed by atoms with E-state index in [2.05, 4.69) is 12.6 Å². The van der Waals surface area contributed by atoms with Gasteiger partial charge < -0.3 is 9.47 Å². The Morgan fingerprint density at radius 2 is 1.53 bits per heavy atom. The number of rotatable bonds is 5. The van der Waals surface area contributed by atoms with Crippen molar-refractivity contribution in [3.05, 3.63) is 35.5 Å². The third-order valence-corrected chi connectivity index (χ3v) is 2.53. The van der Waals surface area contributed by atoms with Gasteiger partial charge in [0.05, 0.1) is 13.2 Å². The molecule has 1 heterocycles. The van der Waals surface area contributed by atoms with Crippen LogP contribution in [-0.4, -0.2) is 25.2 Å². The van der Waals surface area contributed by atoms with E-state index in [-0.39, 0.29) is 23.8 Å². The molecule has 0 aliphatic carbocycles. The number of hydrogen-bond acceptors (Lipinski definition) is 5. The van der Waals surface area contributed by atoms with Crippen LogP contribution in [0.5, 0.6) is 0 Å². The average Bonchev–Trinajstić information content (AvgIpc) is 2.40. The summed E-state index contributed by atoms with van der Waals surface area (Å²) in [5, 5.41) is 0. The second kappa shape index (κ2) is 7.58. The highest BCUT2D eigenvalue weighted by molar-refractivity contribution is 7.85. The van der Waals surface area contributed by atoms with Crippen molar-refractivity contribution in [3.63, 3.8) is 0 Å². The molecule has 0 aliphatic rings. The van der Waals surface area contributed by atoms with Crippen molar-refractivity contribution >= 4 is 30.3 Å². The zero-order valence-corrected chi connectivity index (χ0v) is 11.7. The number of hydrogen-bond donors (Lipinski definition) is 1. The summed E-state index contributed by atoms with van der Waals surface area (Å²) in [6.45, 7) is 3.78. The van der Waals surface area contributed by atoms with Crippen LogP contribution in [0.2, 0.25) is 0 Å². The fourth-order valence-corrected chi connectivity index (χ4v) is 1.64. The van der Waals surface area contributed by atoms with E-state index in [9.17, 15) is 9.59 Å². The number of nitrogens with zero attached hydrogens (tertiary/aromatic N) is 1. The van der Waals surface area contributed by atoms with E-state index < -0.39 is 11.9 Å². The average molecular weight is 282 g/mol. The van der Waals surface area contributed by atoms with Crippen LogP contribution >= 0.6 is 12.6 Å². The van der Waals surface area contributed by atoms with E-state index in [0.717, 1.165) is 0 Å². The summed E-state index contributed by atoms with van der Waals surface area (Å²) in [7, 11) is 0. The van der Waals surface area contributed by atoms with E-state index in [1.54, 1.807) is 44.4 Å². The maximum absolute atomic E-state index is 11.9. The Bertz CT molecular complexity index is 485. The van der Waals surface area contributed by atoms with Crippen LogP contribution in [0.25, 0.3) is 5.70 Å². The molecule has 0 unspecified atom stereocenters. The zero-order valence-electron chi connectivity index (χ0n) is 10.8. The van der Waals surface area contributed by atoms with E-state index >= 15 is 0 Å². The first-order chi connectivity index (χ1) is 9.11. The second-order valence-corrected chi connectivity index (χ2v) is 3.87. The van der Waals surface area contributed by atoms with E-state index in [1.165, 1.54) is 4.57 Å². The molecule has 0 atom stereocenters. The minimum absolute atomic E-state index is 0.0317. The van der Waals surface area contributed by atoms with E-state index in [0.29, 0.717) is 0 Å². The number of carbonyl (C=O) groups excluding carboxylic acids is 2. The predicted molar refractivity (Wildman–Crippen MR) is 72.1 cm³/mol. The smallest absolute Gasteiger partial charge is 0.405 e. The largest absolute Gasteiger partial charge is 0.462 e. The van der Waals surface area contributed by atoms with Crippen molar-refractivity contribution in [2.45, 2.75) is 13.8 Å². The minimum Gasteiger partial charge on any atom is -0.462 e. The first kappa shape index (κ1) is 15.2. The number of aromatic nitrogens is 1. The summed E-state index contributed by atoms with van der Waals surface area (Å²) in [6.07, 6.45) is 3.25. The molecular formula is C13H16NO4S+. The molecule has 0 spiro atoms. The van der Waals surface area contributed by atoms with Gasteiger partial charge in [0.15, 0.2) is 17.3 Å². The van der Waals surface area contributed by atoms with Crippen LogP contribution in [0.1, 0.15) is 13.8 Å². The standard InChI is InChI=1S/C13H15NO4S/c1-3-17-12(15)10(11(19)13(16)18-4-2)14-8-6-5-7-9-14/h5-9H,3-4H2,1-2H3/p+1. The van der Waals surface area contributed by atoms with Gasteiger partial charge in [-0.25, -0.2) is 9.59 Å². The lowest BCUT2D eigenvalue weighted by molar-refractivity contribution is -0.578. The number of pyridine rings is 1. The first-order valence-corrected chi connectivity index (χ1v) is 6.30. The quantitative estimate of drug-likeness (QED) is 0.381. The highest BCUT2D eigenvalue weighted by Gasteiger charge is 2.29. The molecule has 0 saturated heterocycles. The van der Waals surface area contributed by atoms with Crippen molar-refractivity contribution in [1.82, 2.24) is 0 Å². The van der Waals surface area contributed by atoms with Crippen molar-refractivity contribution in [2.24, 2.45) is 0 Å². The monoisotopic (exact) mass is 282 g/mol. The molecule has 0 amide bonds. The zero-order chi connectivity index (χ0) is 14.3. The molecule has 0 aromatic carbocycles. The van der Waals surface area contributed by atoms with Gasteiger partial charge in [-0.05, 0) is 13.8 Å². The minimum atomic E-state index is -0.662. The molecule has 6 heteroatoms. The van der Waals surface area contributed by atoms with Gasteiger partial charge in [0.25, 0.3) is 0 Å². The Labute approximate surface area is 117 Å². The van der Waals surface area contributed by atoms with Crippen LogP contribution in [0, 0.1) is 0 Å². The Morgan fingerprint density at radius 1 is 1.00 bits per heavy atom. The van der Waals surface area contributed by atoms with Crippen molar-refractivity contribution < 1.29 is 23.6 Å². The van der Waals surface area contributed by atoms with E-state index in [1.807, 2.05) is 0 Å². The van der Waals surface area contributed by atoms with Gasteiger partial charge in [-0.15, -0.1) is 12.6 Å². The molecule has 1 aromatic heterocycles. The van der Waals surface area contributed by atoms with Crippen LogP contribution in [0.15, 0.2) is 35.5 Å². The molecule has 5 nitrogen and oxygen atoms in total. The summed E-state index contributed by atoms with van der Waals surface area (Å²) in [4.78, 5) is 23.5. The van der Waals surface area contributed by atoms with Crippen LogP contribution in [-0.2, 0) is 19.1 Å². The Balaban J connectivity index is 3.23. The maximum Gasteiger partial charge on any atom is 0.405 e. The van der Waals surface area contributed by atoms with Gasteiger partial charge in [0, 0.05) is 12.1 Å². The first-order valence-electron chi connectivity index (χ1n) is 5.86. The number of esters is 2. The Morgan fingerprint density at radius 3 is 2.05 bits per heavy atom. The normalized spacial score (nSPS) is 11.5. The third kappa shape index (κ3) is 4.10. The van der Waals surface area contributed by atoms with Gasteiger partial charge in [-0.1, -0.05) is 6.07 Å². The van der Waals surface area contributed by atoms with Crippen molar-refractivity contribution in [2.75, 3.05) is 13.2 Å². The Kier molecular flexibility index (Phi) is 6.08. The van der Waals surface area contributed by atoms with Crippen LogP contribution in [0.3, 0.4) is 0 Å². The van der Waals surface area contributed by atoms with Crippen LogP contribution < -0.4 is 4.57 Å². The fourth-order valence-electron chi connectivity index (χ4n) is 1.37. The van der Waals surface area contributed by atoms with Gasteiger partial charge in [-0.2, -0.15) is 4.57 Å². The lowest BCUT2D eigenvalue weighted by Crippen LogP contribution is -2.38. The second-order valence-electron chi connectivity index (χ2n) is 3.42. The topological polar surface area (TPSA) is 56.5 Å². The molecule has 0 radical (unpaired) electrons. The summed E-state index contributed by atoms with van der Waals surface area (Å²) in [5.74, 6) is -1.29. The van der Waals surface area contributed by atoms with Crippen molar-refractivity contribution in [3.8, 4) is 0 Å². The molecule has 19 heavy (non-hydrogen) atoms. The summed E-state index contributed by atoms with van der Waals surface area (Å²) >= 11 is 4.08. The lowest BCUT2D eigenvalue weighted by Gasteiger charge is -2.05. The predicted octanol–water partition coefficient (Wildman–Crippen LogP) is 1.20. The summed E-state index contributed by atoms with van der Waals surface area (Å²) in [6, 6.07) is 5.25. The molecule has 1 rings (SSSR count). The fraction of sp³-hybridized carbons (Fsp3) is 0.308. The number of ether oxygens (including phenoxy) is 2. The summed E-state index contributed by atoms with van der Waals surface area (Å²) in [5.41, 5.74) is 0.0317. The molecule has 0 aliphatic heterocycles. The highest BCUT2D eigenvalue weighted by atomic mass is 32.1. The number of thiol groups is 1. The maximum atomic E-state index is 11.9. The van der Waals surface area contributed by atoms with Crippen molar-refractivity contribution in [1.29, 1.82) is 0 Å². The molecule has 0 N–H and O–H groups in total. The van der Waals surface area contributed by atoms with E-state index in [4.69, 9.17) is 9.47 Å². The third-order valence-electron chi connectivity index (χ3n) is 2.14. The van der Waals surface area contributed by atoms with Gasteiger partial charge in [0.1, 0.15) is 0 Å². The van der Waals surface area contributed by atoms with Gasteiger partial charge >= 0.3 is 17.6 Å². The molecule has 102 valence electrons. The number of carbonyl (C=O) groups is 2. The lowest BCUT2D eigenvalue weighted by atomic mass is 10.3.